The van der Waals surface area contributed by atoms with E-state index in [4.69, 9.17) is 4.74 Å². The number of carbonyl (C=O) groups is 1. The van der Waals surface area contributed by atoms with Crippen molar-refractivity contribution in [2.24, 2.45) is 11.8 Å². The number of hydrogen-bond acceptors (Lipinski definition) is 6. The van der Waals surface area contributed by atoms with Crippen LogP contribution in [-0.2, 0) is 4.79 Å². The number of carboxylic acids is 1. The molecule has 1 aliphatic heterocycles. The maximum Gasteiger partial charge on any atom is 0.308 e. The number of ether oxygens (including phenoxy) is 1. The molecule has 0 saturated carbocycles. The van der Waals surface area contributed by atoms with Crippen LogP contribution in [0.15, 0.2) is 24.4 Å². The number of likely N-dealkylation sites (tertiary alicyclic amines) is 1. The molecule has 3 rings (SSSR count). The van der Waals surface area contributed by atoms with Crippen LogP contribution in [0.4, 0.5) is 4.39 Å². The summed E-state index contributed by atoms with van der Waals surface area (Å²) < 4.78 is 19.9. The molecule has 33 heavy (non-hydrogen) atoms. The number of nitrogens with zero attached hydrogens (tertiary/aromatic N) is 2. The Morgan fingerprint density at radius 1 is 1.39 bits per heavy atom. The molecular weight excluding hydrogens is 443 g/mol. The van der Waals surface area contributed by atoms with Gasteiger partial charge < -0.3 is 19.8 Å². The minimum Gasteiger partial charge on any atom is -0.497 e. The van der Waals surface area contributed by atoms with Gasteiger partial charge in [-0.05, 0) is 62.1 Å². The number of rotatable bonds is 12. The average molecular weight is 479 g/mol. The molecule has 182 valence electrons. The summed E-state index contributed by atoms with van der Waals surface area (Å²) in [5, 5.41) is 21.2. The van der Waals surface area contributed by atoms with E-state index in [0.717, 1.165) is 37.2 Å². The number of thioether (sulfide) groups is 1. The van der Waals surface area contributed by atoms with Gasteiger partial charge in [0.2, 0.25) is 0 Å². The van der Waals surface area contributed by atoms with E-state index in [-0.39, 0.29) is 11.5 Å². The Labute approximate surface area is 199 Å². The lowest BCUT2D eigenvalue weighted by Gasteiger charge is -2.37. The first-order valence-corrected chi connectivity index (χ1v) is 12.9. The lowest BCUT2D eigenvalue weighted by molar-refractivity contribution is -0.146. The van der Waals surface area contributed by atoms with Gasteiger partial charge in [0.15, 0.2) is 0 Å². The Hall–Kier alpha value is -1.90. The highest BCUT2D eigenvalue weighted by Gasteiger charge is 2.34. The number of aliphatic hydroxyl groups is 1. The number of piperidine rings is 1. The summed E-state index contributed by atoms with van der Waals surface area (Å²) in [6, 6.07) is 5.17. The molecule has 2 heterocycles. The van der Waals surface area contributed by atoms with Crippen molar-refractivity contribution in [2.75, 3.05) is 38.2 Å². The molecule has 0 spiro atoms. The minimum absolute atomic E-state index is 0.0353. The second kappa shape index (κ2) is 12.5. The molecule has 0 bridgehead atoms. The summed E-state index contributed by atoms with van der Waals surface area (Å²) in [4.78, 5) is 18.3. The van der Waals surface area contributed by atoms with Crippen LogP contribution in [0.2, 0.25) is 0 Å². The Morgan fingerprint density at radius 3 is 2.94 bits per heavy atom. The second-order valence-corrected chi connectivity index (χ2v) is 9.98. The summed E-state index contributed by atoms with van der Waals surface area (Å²) in [5.41, 5.74) is 0.784. The van der Waals surface area contributed by atoms with E-state index in [0.29, 0.717) is 36.0 Å². The van der Waals surface area contributed by atoms with Crippen molar-refractivity contribution in [3.05, 3.63) is 35.8 Å². The third-order valence-corrected chi connectivity index (χ3v) is 7.61. The number of carboxylic acid groups (broad SMARTS) is 1. The maximum absolute atomic E-state index is 14.7. The molecule has 0 aliphatic carbocycles. The number of halogens is 1. The van der Waals surface area contributed by atoms with Gasteiger partial charge in [-0.25, -0.2) is 4.39 Å². The van der Waals surface area contributed by atoms with Crippen molar-refractivity contribution >= 4 is 28.6 Å². The Bertz CT molecular complexity index is 929. The van der Waals surface area contributed by atoms with Crippen molar-refractivity contribution < 1.29 is 24.1 Å². The molecule has 1 aromatic carbocycles. The molecule has 1 aliphatic rings. The van der Waals surface area contributed by atoms with Crippen LogP contribution in [0.3, 0.4) is 0 Å². The lowest BCUT2D eigenvalue weighted by Crippen LogP contribution is -2.44. The maximum atomic E-state index is 14.7. The number of methoxy groups -OCH3 is 1. The molecule has 3 atom stereocenters. The fourth-order valence-electron chi connectivity index (χ4n) is 4.59. The number of benzene rings is 1. The van der Waals surface area contributed by atoms with Gasteiger partial charge in [-0.15, -0.1) is 0 Å². The van der Waals surface area contributed by atoms with E-state index >= 15 is 0 Å². The molecule has 2 N–H and O–H groups in total. The van der Waals surface area contributed by atoms with Crippen LogP contribution in [0.1, 0.15) is 50.7 Å². The highest BCUT2D eigenvalue weighted by Crippen LogP contribution is 2.35. The van der Waals surface area contributed by atoms with Crippen LogP contribution in [-0.4, -0.2) is 64.3 Å². The quantitative estimate of drug-likeness (QED) is 0.426. The zero-order valence-corrected chi connectivity index (χ0v) is 20.3. The Kier molecular flexibility index (Phi) is 9.77. The molecule has 1 saturated heterocycles. The summed E-state index contributed by atoms with van der Waals surface area (Å²) in [7, 11) is 1.53. The summed E-state index contributed by atoms with van der Waals surface area (Å²) >= 11 is 1.93. The topological polar surface area (TPSA) is 82.9 Å². The molecule has 1 fully saturated rings. The third-order valence-electron chi connectivity index (χ3n) is 6.56. The number of aromatic nitrogens is 1. The monoisotopic (exact) mass is 478 g/mol. The highest BCUT2D eigenvalue weighted by atomic mass is 32.2. The van der Waals surface area contributed by atoms with E-state index in [2.05, 4.69) is 16.8 Å². The van der Waals surface area contributed by atoms with E-state index in [9.17, 15) is 19.4 Å². The molecule has 3 unspecified atom stereocenters. The number of unbranched alkanes of at least 4 members (excludes halogenated alkanes) is 1. The molecule has 1 aromatic heterocycles. The first kappa shape index (κ1) is 25.7. The van der Waals surface area contributed by atoms with E-state index < -0.39 is 23.8 Å². The SMILES string of the molecule is CCCCSCCN1CCC(CCC(O)c2c(F)cnc3ccc(OC)cc23)C(C(=O)O)C1. The van der Waals surface area contributed by atoms with Crippen LogP contribution >= 0.6 is 11.8 Å². The van der Waals surface area contributed by atoms with Crippen molar-refractivity contribution in [1.82, 2.24) is 9.88 Å². The normalized spacial score (nSPS) is 20.1. The van der Waals surface area contributed by atoms with Gasteiger partial charge in [0.1, 0.15) is 11.6 Å². The standard InChI is InChI=1S/C25H35FN2O4S/c1-3-4-12-33-13-11-28-10-9-17(20(16-28)25(30)31)5-8-23(29)24-19-14-18(32-2)6-7-22(19)27-15-21(24)26/h6-7,14-15,17,20,23,29H,3-5,8-13,16H2,1-2H3,(H,30,31). The summed E-state index contributed by atoms with van der Waals surface area (Å²) in [5.74, 6) is 0.885. The third kappa shape index (κ3) is 6.80. The molecule has 0 amide bonds. The zero-order chi connectivity index (χ0) is 23.8. The summed E-state index contributed by atoms with van der Waals surface area (Å²) in [6.07, 6.45) is 4.11. The predicted molar refractivity (Wildman–Crippen MR) is 130 cm³/mol. The molecule has 6 nitrogen and oxygen atoms in total. The summed E-state index contributed by atoms with van der Waals surface area (Å²) in [6.45, 7) is 4.49. The van der Waals surface area contributed by atoms with Crippen LogP contribution in [0, 0.1) is 17.7 Å². The van der Waals surface area contributed by atoms with Gasteiger partial charge in [-0.2, -0.15) is 11.8 Å². The minimum atomic E-state index is -1.04. The van der Waals surface area contributed by atoms with Gasteiger partial charge in [-0.3, -0.25) is 9.78 Å². The van der Waals surface area contributed by atoms with E-state index in [1.54, 1.807) is 18.2 Å². The van der Waals surface area contributed by atoms with Gasteiger partial charge in [0.05, 0.1) is 30.8 Å². The lowest BCUT2D eigenvalue weighted by atomic mass is 9.81. The number of aliphatic carboxylic acids is 1. The number of aliphatic hydroxyl groups excluding tert-OH is 1. The van der Waals surface area contributed by atoms with Gasteiger partial charge in [0.25, 0.3) is 0 Å². The molecule has 8 heteroatoms. The van der Waals surface area contributed by atoms with Crippen LogP contribution < -0.4 is 4.74 Å². The Morgan fingerprint density at radius 2 is 2.21 bits per heavy atom. The smallest absolute Gasteiger partial charge is 0.308 e. The number of fused-ring (bicyclic) bond motifs is 1. The van der Waals surface area contributed by atoms with Crippen molar-refractivity contribution in [2.45, 2.75) is 45.1 Å². The fraction of sp³-hybridized carbons (Fsp3) is 0.600. The van der Waals surface area contributed by atoms with Gasteiger partial charge in [-0.1, -0.05) is 13.3 Å². The number of pyridine rings is 1. The second-order valence-electron chi connectivity index (χ2n) is 8.76. The number of hydrogen-bond donors (Lipinski definition) is 2. The first-order valence-electron chi connectivity index (χ1n) is 11.8. The van der Waals surface area contributed by atoms with Gasteiger partial charge >= 0.3 is 5.97 Å². The van der Waals surface area contributed by atoms with Crippen molar-refractivity contribution in [3.63, 3.8) is 0 Å². The van der Waals surface area contributed by atoms with E-state index in [1.165, 1.54) is 20.0 Å². The molecule has 2 aromatic rings. The molecular formula is C25H35FN2O4S. The largest absolute Gasteiger partial charge is 0.497 e. The van der Waals surface area contributed by atoms with Crippen molar-refractivity contribution in [3.8, 4) is 5.75 Å². The molecule has 0 radical (unpaired) electrons. The zero-order valence-electron chi connectivity index (χ0n) is 19.5. The van der Waals surface area contributed by atoms with Crippen LogP contribution in [0.5, 0.6) is 5.75 Å². The average Bonchev–Trinajstić information content (AvgIpc) is 2.82. The van der Waals surface area contributed by atoms with E-state index in [1.807, 2.05) is 11.8 Å². The fourth-order valence-corrected chi connectivity index (χ4v) is 5.67. The van der Waals surface area contributed by atoms with Gasteiger partial charge in [0, 0.05) is 29.8 Å². The highest BCUT2D eigenvalue weighted by molar-refractivity contribution is 7.99. The van der Waals surface area contributed by atoms with Crippen LogP contribution in [0.25, 0.3) is 10.9 Å². The predicted octanol–water partition coefficient (Wildman–Crippen LogP) is 4.75. The first-order chi connectivity index (χ1) is 15.9. The Balaban J connectivity index is 1.62. The van der Waals surface area contributed by atoms with Crippen molar-refractivity contribution in [1.29, 1.82) is 0 Å².